The number of hydrogen-bond donors (Lipinski definition) is 2. The molecule has 0 aliphatic heterocycles. The van der Waals surface area contributed by atoms with Crippen molar-refractivity contribution in [2.24, 2.45) is 5.73 Å². The monoisotopic (exact) mass is 206 g/mol. The van der Waals surface area contributed by atoms with Crippen molar-refractivity contribution in [3.63, 3.8) is 0 Å². The van der Waals surface area contributed by atoms with Crippen molar-refractivity contribution in [3.8, 4) is 0 Å². The van der Waals surface area contributed by atoms with Crippen LogP contribution in [0.4, 0.5) is 0 Å². The molecule has 8 heteroatoms. The van der Waals surface area contributed by atoms with E-state index in [0.717, 1.165) is 0 Å². The molecule has 0 unspecified atom stereocenters. The molecule has 0 atom stereocenters. The molecule has 0 amide bonds. The minimum Gasteiger partial charge on any atom is -0.726 e. The van der Waals surface area contributed by atoms with E-state index in [1.165, 1.54) is 0 Å². The van der Waals surface area contributed by atoms with Gasteiger partial charge in [0.1, 0.15) is 0 Å². The molecule has 0 aromatic rings. The van der Waals surface area contributed by atoms with Gasteiger partial charge >= 0.3 is 29.6 Å². The van der Waals surface area contributed by atoms with Crippen molar-refractivity contribution in [2.45, 2.75) is 0 Å². The summed E-state index contributed by atoms with van der Waals surface area (Å²) in [4.78, 5) is 0. The average molecular weight is 206 g/mol. The Labute approximate surface area is 94.1 Å². The molecule has 0 heterocycles. The standard InChI is InChI=1S/C4H12N2O4S.Na/c5-1-2-6-3-4-10-11(7,8)9;/h6H,1-5H2,(H,7,8,9);/q;+1/p-1. The first-order valence-corrected chi connectivity index (χ1v) is 4.40. The summed E-state index contributed by atoms with van der Waals surface area (Å²) in [6.07, 6.45) is 0. The molecule has 0 aromatic carbocycles. The van der Waals surface area contributed by atoms with Gasteiger partial charge in [0.05, 0.1) is 6.61 Å². The van der Waals surface area contributed by atoms with Crippen molar-refractivity contribution in [3.05, 3.63) is 0 Å². The van der Waals surface area contributed by atoms with Crippen LogP contribution in [0, 0.1) is 0 Å². The maximum Gasteiger partial charge on any atom is 1.00 e. The predicted molar refractivity (Wildman–Crippen MR) is 37.6 cm³/mol. The number of nitrogens with one attached hydrogen (secondary N) is 1. The van der Waals surface area contributed by atoms with E-state index in [1.54, 1.807) is 0 Å². The van der Waals surface area contributed by atoms with Crippen molar-refractivity contribution in [1.82, 2.24) is 5.32 Å². The van der Waals surface area contributed by atoms with Gasteiger partial charge in [0, 0.05) is 19.6 Å². The summed E-state index contributed by atoms with van der Waals surface area (Å²) < 4.78 is 33.4. The summed E-state index contributed by atoms with van der Waals surface area (Å²) in [7, 11) is -4.53. The average Bonchev–Trinajstić information content (AvgIpc) is 1.85. The molecule has 0 saturated carbocycles. The van der Waals surface area contributed by atoms with Gasteiger partial charge in [0.15, 0.2) is 0 Å². The zero-order chi connectivity index (χ0) is 8.74. The Balaban J connectivity index is 0. The van der Waals surface area contributed by atoms with Crippen LogP contribution in [0.3, 0.4) is 0 Å². The molecule has 0 spiro atoms. The summed E-state index contributed by atoms with van der Waals surface area (Å²) in [6, 6.07) is 0. The molecule has 0 aromatic heterocycles. The minimum absolute atomic E-state index is 0. The Kier molecular flexibility index (Phi) is 10.7. The molecule has 0 aliphatic rings. The molecular weight excluding hydrogens is 195 g/mol. The predicted octanol–water partition coefficient (Wildman–Crippen LogP) is -4.98. The molecule has 6 nitrogen and oxygen atoms in total. The van der Waals surface area contributed by atoms with E-state index >= 15 is 0 Å². The van der Waals surface area contributed by atoms with E-state index < -0.39 is 10.4 Å². The first-order valence-electron chi connectivity index (χ1n) is 3.07. The second-order valence-electron chi connectivity index (χ2n) is 1.77. The van der Waals surface area contributed by atoms with Gasteiger partial charge in [-0.05, 0) is 0 Å². The SMILES string of the molecule is NCCNCCOS(=O)(=O)[O-].[Na+]. The first-order chi connectivity index (χ1) is 5.06. The van der Waals surface area contributed by atoms with Crippen LogP contribution in [0.1, 0.15) is 0 Å². The largest absolute Gasteiger partial charge is 1.00 e. The molecule has 0 rings (SSSR count). The summed E-state index contributed by atoms with van der Waals surface area (Å²) in [5, 5.41) is 2.75. The molecule has 0 radical (unpaired) electrons. The molecule has 0 aliphatic carbocycles. The van der Waals surface area contributed by atoms with Crippen LogP contribution in [0.5, 0.6) is 0 Å². The maximum absolute atomic E-state index is 9.83. The van der Waals surface area contributed by atoms with Crippen LogP contribution >= 0.6 is 0 Å². The van der Waals surface area contributed by atoms with Gasteiger partial charge in [-0.3, -0.25) is 4.18 Å². The Morgan fingerprint density at radius 3 is 2.42 bits per heavy atom. The zero-order valence-corrected chi connectivity index (χ0v) is 9.76. The molecule has 0 saturated heterocycles. The fourth-order valence-corrected chi connectivity index (χ4v) is 0.730. The van der Waals surface area contributed by atoms with Crippen molar-refractivity contribution < 1.29 is 46.7 Å². The minimum atomic E-state index is -4.53. The zero-order valence-electron chi connectivity index (χ0n) is 6.95. The molecule has 12 heavy (non-hydrogen) atoms. The quantitative estimate of drug-likeness (QED) is 0.195. The van der Waals surface area contributed by atoms with E-state index in [0.29, 0.717) is 19.6 Å². The van der Waals surface area contributed by atoms with Crippen LogP contribution in [-0.2, 0) is 14.6 Å². The third-order valence-corrected chi connectivity index (χ3v) is 1.28. The van der Waals surface area contributed by atoms with E-state index in [1.807, 2.05) is 0 Å². The Bertz CT molecular complexity index is 183. The normalized spacial score (nSPS) is 10.8. The van der Waals surface area contributed by atoms with Crippen molar-refractivity contribution in [1.29, 1.82) is 0 Å². The number of nitrogens with two attached hydrogens (primary N) is 1. The van der Waals surface area contributed by atoms with E-state index in [2.05, 4.69) is 9.50 Å². The van der Waals surface area contributed by atoms with Gasteiger partial charge in [-0.2, -0.15) is 0 Å². The number of rotatable bonds is 6. The van der Waals surface area contributed by atoms with Crippen LogP contribution in [0.2, 0.25) is 0 Å². The van der Waals surface area contributed by atoms with Gasteiger partial charge in [0.25, 0.3) is 0 Å². The molecule has 68 valence electrons. The third-order valence-electron chi connectivity index (χ3n) is 0.828. The summed E-state index contributed by atoms with van der Waals surface area (Å²) in [5.41, 5.74) is 5.11. The second kappa shape index (κ2) is 8.39. The van der Waals surface area contributed by atoms with E-state index in [9.17, 15) is 13.0 Å². The van der Waals surface area contributed by atoms with Crippen LogP contribution in [-0.4, -0.2) is 39.2 Å². The maximum atomic E-state index is 9.83. The Hall–Kier alpha value is 0.790. The topological polar surface area (TPSA) is 104 Å². The second-order valence-corrected chi connectivity index (χ2v) is 2.82. The van der Waals surface area contributed by atoms with Crippen molar-refractivity contribution in [2.75, 3.05) is 26.2 Å². The van der Waals surface area contributed by atoms with Gasteiger partial charge in [-0.25, -0.2) is 8.42 Å². The molecule has 0 fully saturated rings. The van der Waals surface area contributed by atoms with Crippen molar-refractivity contribution >= 4 is 10.4 Å². The smallest absolute Gasteiger partial charge is 0.726 e. The fourth-order valence-electron chi connectivity index (χ4n) is 0.443. The van der Waals surface area contributed by atoms with Gasteiger partial charge < -0.3 is 15.6 Å². The third kappa shape index (κ3) is 13.4. The first kappa shape index (κ1) is 15.3. The summed E-state index contributed by atoms with van der Waals surface area (Å²) >= 11 is 0. The molecular formula is C4H11N2NaO4S. The van der Waals surface area contributed by atoms with Gasteiger partial charge in [0.2, 0.25) is 10.4 Å². The van der Waals surface area contributed by atoms with E-state index in [4.69, 9.17) is 5.73 Å². The van der Waals surface area contributed by atoms with Crippen LogP contribution in [0.15, 0.2) is 0 Å². The molecule has 3 N–H and O–H groups in total. The Morgan fingerprint density at radius 1 is 1.42 bits per heavy atom. The summed E-state index contributed by atoms with van der Waals surface area (Å²) in [6.45, 7) is 1.19. The Morgan fingerprint density at radius 2 is 2.00 bits per heavy atom. The molecule has 0 bridgehead atoms. The van der Waals surface area contributed by atoms with E-state index in [-0.39, 0.29) is 36.2 Å². The fraction of sp³-hybridized carbons (Fsp3) is 1.00. The van der Waals surface area contributed by atoms with Gasteiger partial charge in [-0.15, -0.1) is 0 Å². The number of hydrogen-bond acceptors (Lipinski definition) is 6. The van der Waals surface area contributed by atoms with Gasteiger partial charge in [-0.1, -0.05) is 0 Å². The van der Waals surface area contributed by atoms with Crippen LogP contribution in [0.25, 0.3) is 0 Å². The van der Waals surface area contributed by atoms with Crippen LogP contribution < -0.4 is 40.6 Å². The summed E-state index contributed by atoms with van der Waals surface area (Å²) in [5.74, 6) is 0.